The average molecular weight is 318 g/mol. The monoisotopic (exact) mass is 318 g/mol. The smallest absolute Gasteiger partial charge is 0.244 e. The van der Waals surface area contributed by atoms with Gasteiger partial charge in [-0.15, -0.1) is 0 Å². The van der Waals surface area contributed by atoms with Gasteiger partial charge in [0.15, 0.2) is 0 Å². The van der Waals surface area contributed by atoms with Gasteiger partial charge in [0, 0.05) is 31.4 Å². The minimum atomic E-state index is -0.0655. The zero-order chi connectivity index (χ0) is 16.0. The van der Waals surface area contributed by atoms with Crippen LogP contribution in [-0.2, 0) is 9.53 Å². The number of ether oxygens (including phenoxy) is 1. The van der Waals surface area contributed by atoms with Crippen LogP contribution in [0.2, 0.25) is 0 Å². The largest absolute Gasteiger partial charge is 0.465 e. The fourth-order valence-electron chi connectivity index (χ4n) is 3.58. The fourth-order valence-corrected chi connectivity index (χ4v) is 3.58. The van der Waals surface area contributed by atoms with Gasteiger partial charge in [0.05, 0.1) is 6.26 Å². The van der Waals surface area contributed by atoms with Gasteiger partial charge in [-0.05, 0) is 57.0 Å². The van der Waals surface area contributed by atoms with E-state index in [1.807, 2.05) is 12.1 Å². The lowest BCUT2D eigenvalue weighted by Gasteiger charge is -2.48. The summed E-state index contributed by atoms with van der Waals surface area (Å²) in [6.45, 7) is 4.54. The summed E-state index contributed by atoms with van der Waals surface area (Å²) in [4.78, 5) is 14.7. The number of amides is 1. The number of hydrogen-bond donors (Lipinski definition) is 1. The molecule has 0 aromatic carbocycles. The summed E-state index contributed by atoms with van der Waals surface area (Å²) in [6, 6.07) is 3.64. The minimum Gasteiger partial charge on any atom is -0.465 e. The Morgan fingerprint density at radius 2 is 2.04 bits per heavy atom. The molecule has 5 heteroatoms. The third-order valence-electron chi connectivity index (χ3n) is 4.98. The van der Waals surface area contributed by atoms with E-state index in [2.05, 4.69) is 10.2 Å². The van der Waals surface area contributed by atoms with Crippen molar-refractivity contribution in [2.24, 2.45) is 0 Å². The van der Waals surface area contributed by atoms with Crippen LogP contribution in [0.5, 0.6) is 0 Å². The van der Waals surface area contributed by atoms with Crippen molar-refractivity contribution in [3.8, 4) is 0 Å². The Hall–Kier alpha value is -1.59. The molecular weight excluding hydrogens is 292 g/mol. The molecule has 0 bridgehead atoms. The lowest BCUT2D eigenvalue weighted by Crippen LogP contribution is -2.59. The van der Waals surface area contributed by atoms with Gasteiger partial charge in [-0.3, -0.25) is 9.69 Å². The first-order chi connectivity index (χ1) is 11.3. The predicted octanol–water partition coefficient (Wildman–Crippen LogP) is 2.44. The Kier molecular flexibility index (Phi) is 5.51. The highest BCUT2D eigenvalue weighted by Gasteiger charge is 2.38. The Morgan fingerprint density at radius 1 is 1.26 bits per heavy atom. The van der Waals surface area contributed by atoms with E-state index in [1.165, 1.54) is 19.3 Å². The Bertz CT molecular complexity index is 512. The molecule has 1 aromatic heterocycles. The van der Waals surface area contributed by atoms with Gasteiger partial charge in [0.25, 0.3) is 0 Å². The third-order valence-corrected chi connectivity index (χ3v) is 4.98. The molecule has 126 valence electrons. The second kappa shape index (κ2) is 7.79. The van der Waals surface area contributed by atoms with Gasteiger partial charge in [0.2, 0.25) is 5.91 Å². The molecule has 2 aliphatic heterocycles. The number of nitrogens with zero attached hydrogens (tertiary/aromatic N) is 1. The number of piperidine rings is 1. The molecule has 3 heterocycles. The standard InChI is InChI=1S/C18H26N2O3/c21-17(7-6-16-5-4-12-23-16)19-15-18(8-13-22-14-9-18)20-10-2-1-3-11-20/h4-7,12H,1-3,8-11,13-15H2,(H,19,21). The molecule has 0 unspecified atom stereocenters. The van der Waals surface area contributed by atoms with E-state index >= 15 is 0 Å². The predicted molar refractivity (Wildman–Crippen MR) is 89.0 cm³/mol. The maximum atomic E-state index is 12.1. The molecule has 0 spiro atoms. The van der Waals surface area contributed by atoms with E-state index in [9.17, 15) is 4.79 Å². The SMILES string of the molecule is O=C(C=Cc1ccco1)NCC1(N2CCCCC2)CCOCC1. The van der Waals surface area contributed by atoms with Crippen LogP contribution in [0, 0.1) is 0 Å². The van der Waals surface area contributed by atoms with Crippen molar-refractivity contribution >= 4 is 12.0 Å². The molecule has 0 atom stereocenters. The number of nitrogens with one attached hydrogen (secondary N) is 1. The molecular formula is C18H26N2O3. The first-order valence-electron chi connectivity index (χ1n) is 8.61. The van der Waals surface area contributed by atoms with Crippen LogP contribution >= 0.6 is 0 Å². The Labute approximate surface area is 137 Å². The molecule has 2 fully saturated rings. The molecule has 1 amide bonds. The van der Waals surface area contributed by atoms with Gasteiger partial charge in [-0.2, -0.15) is 0 Å². The van der Waals surface area contributed by atoms with Crippen molar-refractivity contribution in [3.63, 3.8) is 0 Å². The van der Waals surface area contributed by atoms with Crippen molar-refractivity contribution in [3.05, 3.63) is 30.2 Å². The van der Waals surface area contributed by atoms with Crippen LogP contribution in [0.25, 0.3) is 6.08 Å². The zero-order valence-corrected chi connectivity index (χ0v) is 13.6. The highest BCUT2D eigenvalue weighted by atomic mass is 16.5. The fraction of sp³-hybridized carbons (Fsp3) is 0.611. The van der Waals surface area contributed by atoms with Gasteiger partial charge in [-0.1, -0.05) is 6.42 Å². The Morgan fingerprint density at radius 3 is 2.74 bits per heavy atom. The lowest BCUT2D eigenvalue weighted by molar-refractivity contribution is -0.118. The van der Waals surface area contributed by atoms with E-state index in [4.69, 9.17) is 9.15 Å². The number of hydrogen-bond acceptors (Lipinski definition) is 4. The zero-order valence-electron chi connectivity index (χ0n) is 13.6. The first kappa shape index (κ1) is 16.3. The summed E-state index contributed by atoms with van der Waals surface area (Å²) in [5.74, 6) is 0.626. The lowest BCUT2D eigenvalue weighted by atomic mass is 9.86. The van der Waals surface area contributed by atoms with Crippen LogP contribution in [0.4, 0.5) is 0 Å². The molecule has 1 N–H and O–H groups in total. The molecule has 23 heavy (non-hydrogen) atoms. The number of carbonyl (C=O) groups excluding carboxylic acids is 1. The third kappa shape index (κ3) is 4.24. The number of rotatable bonds is 5. The van der Waals surface area contributed by atoms with Crippen molar-refractivity contribution in [2.45, 2.75) is 37.6 Å². The van der Waals surface area contributed by atoms with Crippen molar-refractivity contribution in [2.75, 3.05) is 32.8 Å². The summed E-state index contributed by atoms with van der Waals surface area (Å²) in [5, 5.41) is 3.09. The van der Waals surface area contributed by atoms with E-state index in [1.54, 1.807) is 18.4 Å². The van der Waals surface area contributed by atoms with Crippen LogP contribution in [0.3, 0.4) is 0 Å². The van der Waals surface area contributed by atoms with Crippen LogP contribution in [0.15, 0.2) is 28.9 Å². The number of furan rings is 1. The summed E-state index contributed by atoms with van der Waals surface area (Å²) >= 11 is 0. The number of likely N-dealkylation sites (tertiary alicyclic amines) is 1. The topological polar surface area (TPSA) is 54.7 Å². The summed E-state index contributed by atoms with van der Waals surface area (Å²) in [7, 11) is 0. The Balaban J connectivity index is 1.58. The van der Waals surface area contributed by atoms with Gasteiger partial charge in [-0.25, -0.2) is 0 Å². The number of carbonyl (C=O) groups is 1. The summed E-state index contributed by atoms with van der Waals surface area (Å²) in [5.41, 5.74) is 0.0624. The second-order valence-corrected chi connectivity index (χ2v) is 6.45. The van der Waals surface area contributed by atoms with Gasteiger partial charge >= 0.3 is 0 Å². The second-order valence-electron chi connectivity index (χ2n) is 6.45. The van der Waals surface area contributed by atoms with Crippen LogP contribution in [0.1, 0.15) is 37.9 Å². The van der Waals surface area contributed by atoms with E-state index in [0.29, 0.717) is 12.3 Å². The first-order valence-corrected chi connectivity index (χ1v) is 8.61. The molecule has 2 aliphatic rings. The highest BCUT2D eigenvalue weighted by molar-refractivity contribution is 5.91. The summed E-state index contributed by atoms with van der Waals surface area (Å²) < 4.78 is 10.8. The van der Waals surface area contributed by atoms with E-state index < -0.39 is 0 Å². The highest BCUT2D eigenvalue weighted by Crippen LogP contribution is 2.30. The summed E-state index contributed by atoms with van der Waals surface area (Å²) in [6.07, 6.45) is 10.7. The molecule has 0 aliphatic carbocycles. The quantitative estimate of drug-likeness (QED) is 0.847. The van der Waals surface area contributed by atoms with Gasteiger partial charge in [0.1, 0.15) is 5.76 Å². The molecule has 2 saturated heterocycles. The van der Waals surface area contributed by atoms with Crippen LogP contribution in [-0.4, -0.2) is 49.2 Å². The molecule has 5 nitrogen and oxygen atoms in total. The molecule has 0 radical (unpaired) electrons. The molecule has 0 saturated carbocycles. The average Bonchev–Trinajstić information content (AvgIpc) is 3.13. The van der Waals surface area contributed by atoms with Gasteiger partial charge < -0.3 is 14.5 Å². The van der Waals surface area contributed by atoms with Crippen molar-refractivity contribution in [1.82, 2.24) is 10.2 Å². The van der Waals surface area contributed by atoms with Crippen molar-refractivity contribution in [1.29, 1.82) is 0 Å². The molecule has 3 rings (SSSR count). The van der Waals surface area contributed by atoms with E-state index in [-0.39, 0.29) is 11.4 Å². The minimum absolute atomic E-state index is 0.0624. The van der Waals surface area contributed by atoms with E-state index in [0.717, 1.165) is 39.1 Å². The van der Waals surface area contributed by atoms with Crippen molar-refractivity contribution < 1.29 is 13.9 Å². The van der Waals surface area contributed by atoms with Crippen LogP contribution < -0.4 is 5.32 Å². The maximum Gasteiger partial charge on any atom is 0.244 e. The maximum absolute atomic E-state index is 12.1. The normalized spacial score (nSPS) is 22.3. The molecule has 1 aromatic rings.